The second-order valence-electron chi connectivity index (χ2n) is 5.98. The molecule has 8 heteroatoms. The quantitative estimate of drug-likeness (QED) is 0.730. The van der Waals surface area contributed by atoms with Gasteiger partial charge in [-0.15, -0.1) is 11.3 Å². The number of carbonyl (C=O) groups is 1. The lowest BCUT2D eigenvalue weighted by molar-refractivity contribution is -0.295. The van der Waals surface area contributed by atoms with E-state index >= 15 is 0 Å². The fourth-order valence-corrected chi connectivity index (χ4v) is 5.81. The van der Waals surface area contributed by atoms with Crippen molar-refractivity contribution in [2.24, 2.45) is 0 Å². The molecular formula is C18H17FNO4S2-. The number of halogens is 1. The summed E-state index contributed by atoms with van der Waals surface area (Å²) in [6, 6.07) is 8.33. The van der Waals surface area contributed by atoms with E-state index in [-0.39, 0.29) is 14.7 Å². The molecule has 1 saturated heterocycles. The van der Waals surface area contributed by atoms with Crippen LogP contribution in [0.5, 0.6) is 0 Å². The molecule has 0 aliphatic carbocycles. The van der Waals surface area contributed by atoms with Gasteiger partial charge in [0.2, 0.25) is 0 Å². The molecule has 0 atom stereocenters. The Labute approximate surface area is 155 Å². The van der Waals surface area contributed by atoms with Crippen molar-refractivity contribution < 1.29 is 22.7 Å². The highest BCUT2D eigenvalue weighted by Gasteiger charge is 2.27. The Bertz CT molecular complexity index is 944. The number of aliphatic carboxylic acids is 1. The Morgan fingerprint density at radius 2 is 1.88 bits per heavy atom. The maximum absolute atomic E-state index is 13.3. The van der Waals surface area contributed by atoms with Crippen molar-refractivity contribution in [3.63, 3.8) is 0 Å². The number of piperidine rings is 1. The lowest BCUT2D eigenvalue weighted by atomic mass is 10.1. The van der Waals surface area contributed by atoms with Crippen molar-refractivity contribution in [3.05, 3.63) is 52.7 Å². The number of nitrogens with zero attached hydrogens (tertiary/aromatic N) is 1. The number of sulfonamides is 1. The van der Waals surface area contributed by atoms with Gasteiger partial charge in [0.1, 0.15) is 10.0 Å². The molecule has 1 aromatic heterocycles. The van der Waals surface area contributed by atoms with E-state index in [0.717, 1.165) is 30.6 Å². The average molecular weight is 394 g/mol. The van der Waals surface area contributed by atoms with E-state index in [0.29, 0.717) is 18.7 Å². The van der Waals surface area contributed by atoms with E-state index in [1.807, 2.05) is 0 Å². The molecule has 1 aliphatic rings. The Hall–Kier alpha value is -2.03. The largest absolute Gasteiger partial charge is 0.545 e. The summed E-state index contributed by atoms with van der Waals surface area (Å²) in [5, 5.41) is 11.5. The number of carbonyl (C=O) groups excluding carboxylic acids is 1. The van der Waals surface area contributed by atoms with Crippen molar-refractivity contribution in [1.82, 2.24) is 4.31 Å². The van der Waals surface area contributed by atoms with Crippen LogP contribution in [0.15, 0.2) is 40.6 Å². The van der Waals surface area contributed by atoms with Gasteiger partial charge in [0.05, 0.1) is 5.97 Å². The van der Waals surface area contributed by atoms with E-state index < -0.39 is 21.8 Å². The Morgan fingerprint density at radius 1 is 1.15 bits per heavy atom. The van der Waals surface area contributed by atoms with Gasteiger partial charge in [-0.05, 0) is 48.7 Å². The highest BCUT2D eigenvalue weighted by Crippen LogP contribution is 2.31. The monoisotopic (exact) mass is 394 g/mol. The van der Waals surface area contributed by atoms with Crippen LogP contribution in [0, 0.1) is 5.82 Å². The fraction of sp³-hybridized carbons (Fsp3) is 0.278. The van der Waals surface area contributed by atoms with Gasteiger partial charge in [-0.25, -0.2) is 12.8 Å². The maximum Gasteiger partial charge on any atom is 0.252 e. The molecule has 2 aromatic rings. The minimum absolute atomic E-state index is 0.0980. The van der Waals surface area contributed by atoms with Gasteiger partial charge in [0.25, 0.3) is 10.0 Å². The van der Waals surface area contributed by atoms with Crippen LogP contribution in [-0.2, 0) is 14.8 Å². The van der Waals surface area contributed by atoms with Gasteiger partial charge < -0.3 is 9.90 Å². The summed E-state index contributed by atoms with van der Waals surface area (Å²) in [5.41, 5.74) is 0.179. The van der Waals surface area contributed by atoms with Crippen LogP contribution in [0.4, 0.5) is 4.39 Å². The maximum atomic E-state index is 13.3. The number of carboxylic acids is 1. The molecule has 1 fully saturated rings. The minimum Gasteiger partial charge on any atom is -0.545 e. The van der Waals surface area contributed by atoms with Crippen molar-refractivity contribution in [3.8, 4) is 0 Å². The number of thiophene rings is 1. The average Bonchev–Trinajstić information content (AvgIpc) is 3.11. The third kappa shape index (κ3) is 4.03. The fourth-order valence-electron chi connectivity index (χ4n) is 2.83. The summed E-state index contributed by atoms with van der Waals surface area (Å²) in [5.74, 6) is -1.94. The number of carboxylic acid groups (broad SMARTS) is 1. The van der Waals surface area contributed by atoms with Crippen LogP contribution in [0.3, 0.4) is 0 Å². The highest BCUT2D eigenvalue weighted by atomic mass is 32.2. The number of benzene rings is 1. The Morgan fingerprint density at radius 3 is 2.54 bits per heavy atom. The Kier molecular flexibility index (Phi) is 5.55. The normalized spacial score (nSPS) is 16.6. The molecule has 2 heterocycles. The summed E-state index contributed by atoms with van der Waals surface area (Å²) >= 11 is 0.881. The van der Waals surface area contributed by atoms with E-state index in [2.05, 4.69) is 0 Å². The molecule has 138 valence electrons. The minimum atomic E-state index is -3.63. The van der Waals surface area contributed by atoms with Crippen LogP contribution in [0.1, 0.15) is 29.7 Å². The van der Waals surface area contributed by atoms with E-state index in [1.165, 1.54) is 40.7 Å². The molecule has 0 bridgehead atoms. The van der Waals surface area contributed by atoms with Crippen molar-refractivity contribution >= 4 is 39.0 Å². The summed E-state index contributed by atoms with van der Waals surface area (Å²) in [6.45, 7) is 0.948. The summed E-state index contributed by atoms with van der Waals surface area (Å²) in [7, 11) is -3.63. The van der Waals surface area contributed by atoms with Crippen LogP contribution in [0.25, 0.3) is 11.6 Å². The van der Waals surface area contributed by atoms with Gasteiger partial charge in [-0.2, -0.15) is 4.31 Å². The van der Waals surface area contributed by atoms with Crippen LogP contribution < -0.4 is 5.11 Å². The lowest BCUT2D eigenvalue weighted by Gasteiger charge is -2.25. The zero-order chi connectivity index (χ0) is 18.7. The molecule has 0 unspecified atom stereocenters. The van der Waals surface area contributed by atoms with Gasteiger partial charge in [0, 0.05) is 23.5 Å². The molecule has 0 amide bonds. The highest BCUT2D eigenvalue weighted by molar-refractivity contribution is 7.91. The first-order chi connectivity index (χ1) is 12.4. The van der Waals surface area contributed by atoms with E-state index in [9.17, 15) is 22.7 Å². The number of hydrogen-bond acceptors (Lipinski definition) is 5. The smallest absolute Gasteiger partial charge is 0.252 e. The standard InChI is InChI=1S/C18H18FNO4S2/c19-14-6-4-5-13(11-14)12-15(18(21)22)16-7-8-17(25-16)26(23,24)20-9-2-1-3-10-20/h4-8,11-12H,1-3,9-10H2,(H,21,22)/p-1/b15-12-. The summed E-state index contributed by atoms with van der Waals surface area (Å²) in [4.78, 5) is 11.8. The number of rotatable bonds is 5. The molecule has 0 spiro atoms. The zero-order valence-electron chi connectivity index (χ0n) is 13.9. The van der Waals surface area contributed by atoms with Gasteiger partial charge in [0.15, 0.2) is 0 Å². The molecule has 5 nitrogen and oxygen atoms in total. The first kappa shape index (κ1) is 18.8. The SMILES string of the molecule is O=C([O-])/C(=C\c1cccc(F)c1)c1ccc(S(=O)(=O)N2CCCCC2)s1. The zero-order valence-corrected chi connectivity index (χ0v) is 15.5. The summed E-state index contributed by atoms with van der Waals surface area (Å²) in [6.07, 6.45) is 3.93. The predicted molar refractivity (Wildman–Crippen MR) is 96.2 cm³/mol. The molecular weight excluding hydrogens is 377 g/mol. The van der Waals surface area contributed by atoms with Crippen LogP contribution >= 0.6 is 11.3 Å². The predicted octanol–water partition coefficient (Wildman–Crippen LogP) is 2.35. The van der Waals surface area contributed by atoms with Gasteiger partial charge in [-0.3, -0.25) is 0 Å². The van der Waals surface area contributed by atoms with Gasteiger partial charge in [-0.1, -0.05) is 18.6 Å². The Balaban J connectivity index is 1.94. The number of hydrogen-bond donors (Lipinski definition) is 0. The first-order valence-corrected chi connectivity index (χ1v) is 10.4. The van der Waals surface area contributed by atoms with Crippen molar-refractivity contribution in [2.45, 2.75) is 23.5 Å². The second-order valence-corrected chi connectivity index (χ2v) is 9.23. The molecule has 1 aliphatic heterocycles. The van der Waals surface area contributed by atoms with Crippen molar-refractivity contribution in [2.75, 3.05) is 13.1 Å². The van der Waals surface area contributed by atoms with Crippen LogP contribution in [0.2, 0.25) is 0 Å². The van der Waals surface area contributed by atoms with Gasteiger partial charge >= 0.3 is 0 Å². The van der Waals surface area contributed by atoms with Crippen molar-refractivity contribution in [1.29, 1.82) is 0 Å². The molecule has 0 N–H and O–H groups in total. The molecule has 0 saturated carbocycles. The second kappa shape index (κ2) is 7.69. The molecule has 0 radical (unpaired) electrons. The molecule has 3 rings (SSSR count). The first-order valence-electron chi connectivity index (χ1n) is 8.17. The van der Waals surface area contributed by atoms with E-state index in [4.69, 9.17) is 0 Å². The third-order valence-electron chi connectivity index (χ3n) is 4.14. The van der Waals surface area contributed by atoms with Crippen LogP contribution in [-0.4, -0.2) is 31.8 Å². The molecule has 26 heavy (non-hydrogen) atoms. The third-order valence-corrected chi connectivity index (χ3v) is 7.62. The topological polar surface area (TPSA) is 77.5 Å². The lowest BCUT2D eigenvalue weighted by Crippen LogP contribution is -2.35. The summed E-state index contributed by atoms with van der Waals surface area (Å²) < 4.78 is 40.2. The molecule has 1 aromatic carbocycles. The van der Waals surface area contributed by atoms with E-state index in [1.54, 1.807) is 6.07 Å².